The highest BCUT2D eigenvalue weighted by atomic mass is 32.3. The van der Waals surface area contributed by atoms with Gasteiger partial charge in [0.25, 0.3) is 0 Å². The third-order valence-corrected chi connectivity index (χ3v) is 13.2. The summed E-state index contributed by atoms with van der Waals surface area (Å²) in [6, 6.07) is 0. The first-order valence-corrected chi connectivity index (χ1v) is 15.9. The Balaban J connectivity index is 1.41. The highest BCUT2D eigenvalue weighted by Gasteiger charge is 2.82. The first kappa shape index (κ1) is 28.3. The van der Waals surface area contributed by atoms with Crippen LogP contribution in [-0.4, -0.2) is 37.9 Å². The Labute approximate surface area is 228 Å². The maximum atomic E-state index is 13.0. The van der Waals surface area contributed by atoms with Crippen molar-refractivity contribution in [1.82, 2.24) is 0 Å². The van der Waals surface area contributed by atoms with E-state index < -0.39 is 28.4 Å². The van der Waals surface area contributed by atoms with Crippen LogP contribution in [0.3, 0.4) is 0 Å². The molecule has 7 nitrogen and oxygen atoms in total. The lowest BCUT2D eigenvalue weighted by atomic mass is 9.42. The van der Waals surface area contributed by atoms with E-state index in [2.05, 4.69) is 20.8 Å². The van der Waals surface area contributed by atoms with Crippen LogP contribution in [0.4, 0.5) is 0 Å². The van der Waals surface area contributed by atoms with E-state index in [1.807, 2.05) is 13.8 Å². The van der Waals surface area contributed by atoms with Crippen LogP contribution in [0.25, 0.3) is 0 Å². The molecule has 214 valence electrons. The Morgan fingerprint density at radius 1 is 1.00 bits per heavy atom. The molecular formula is C30H46O7S. The van der Waals surface area contributed by atoms with E-state index in [1.165, 1.54) is 13.5 Å². The van der Waals surface area contributed by atoms with Crippen LogP contribution >= 0.6 is 0 Å². The zero-order valence-electron chi connectivity index (χ0n) is 23.9. The number of hydrogen-bond donors (Lipinski definition) is 1. The fourth-order valence-corrected chi connectivity index (χ4v) is 11.7. The third kappa shape index (κ3) is 3.98. The lowest BCUT2D eigenvalue weighted by Crippen LogP contribution is -2.57. The highest BCUT2D eigenvalue weighted by Crippen LogP contribution is 2.88. The number of esters is 1. The maximum Gasteiger partial charge on any atom is 0.397 e. The Morgan fingerprint density at radius 2 is 1.71 bits per heavy atom. The minimum Gasteiger partial charge on any atom is -0.469 e. The second-order valence-corrected chi connectivity index (χ2v) is 15.3. The molecule has 0 radical (unpaired) electrons. The van der Waals surface area contributed by atoms with Crippen LogP contribution in [0.2, 0.25) is 0 Å². The molecule has 38 heavy (non-hydrogen) atoms. The Kier molecular flexibility index (Phi) is 6.80. The van der Waals surface area contributed by atoms with E-state index in [-0.39, 0.29) is 33.4 Å². The number of ketones is 1. The zero-order chi connectivity index (χ0) is 27.9. The van der Waals surface area contributed by atoms with E-state index in [4.69, 9.17) is 8.92 Å². The summed E-state index contributed by atoms with van der Waals surface area (Å²) in [6.45, 7) is 11.2. The number of methoxy groups -OCH3 is 1. The van der Waals surface area contributed by atoms with E-state index in [0.29, 0.717) is 30.6 Å². The van der Waals surface area contributed by atoms with Crippen molar-refractivity contribution in [3.8, 4) is 0 Å². The van der Waals surface area contributed by atoms with Crippen molar-refractivity contribution in [2.75, 3.05) is 7.11 Å². The summed E-state index contributed by atoms with van der Waals surface area (Å²) in [6.07, 6.45) is 10.3. The monoisotopic (exact) mass is 550 g/mol. The summed E-state index contributed by atoms with van der Waals surface area (Å²) in [7, 11) is -3.32. The van der Waals surface area contributed by atoms with Gasteiger partial charge in [-0.05, 0) is 123 Å². The third-order valence-electron chi connectivity index (χ3n) is 12.7. The summed E-state index contributed by atoms with van der Waals surface area (Å²) in [5.74, 6) is 0.584. The molecule has 1 N–H and O–H groups in total. The molecule has 5 fully saturated rings. The molecule has 0 aromatic heterocycles. The van der Waals surface area contributed by atoms with Gasteiger partial charge in [0.15, 0.2) is 5.78 Å². The van der Waals surface area contributed by atoms with E-state index in [0.717, 1.165) is 50.5 Å². The van der Waals surface area contributed by atoms with Crippen molar-refractivity contribution in [3.63, 3.8) is 0 Å². The number of ether oxygens (including phenoxy) is 1. The second kappa shape index (κ2) is 9.13. The van der Waals surface area contributed by atoms with Crippen molar-refractivity contribution in [1.29, 1.82) is 0 Å². The standard InChI is InChI=1S/C30H46O7S/c1-18(2)15-20(31)16-19(3)21-9-11-28(5)24-8-7-22-25(26(32)36-6)23(37-38(33,34)35)10-12-29(22)17-30(24,29)14-13-27(21,28)4/h15,19,21-25H,7-14,16-17H2,1-6H3,(H,33,34,35)/t19-,21-,22+,23+,24+,25+,27-,28+,29-,30+/m1/s1. The summed E-state index contributed by atoms with van der Waals surface area (Å²) in [5, 5.41) is 0. The minimum absolute atomic E-state index is 0.0115. The van der Waals surface area contributed by atoms with E-state index >= 15 is 0 Å². The molecule has 2 spiro atoms. The van der Waals surface area contributed by atoms with E-state index in [9.17, 15) is 22.6 Å². The summed E-state index contributed by atoms with van der Waals surface area (Å²) in [5.41, 5.74) is 1.61. The number of fused-ring (bicyclic) bond motifs is 2. The van der Waals surface area contributed by atoms with Gasteiger partial charge in [0, 0.05) is 6.42 Å². The van der Waals surface area contributed by atoms with Crippen LogP contribution in [0.5, 0.6) is 0 Å². The van der Waals surface area contributed by atoms with Gasteiger partial charge in [0.1, 0.15) is 0 Å². The predicted molar refractivity (Wildman–Crippen MR) is 143 cm³/mol. The molecule has 10 atom stereocenters. The molecule has 0 aliphatic heterocycles. The Bertz CT molecular complexity index is 1140. The maximum absolute atomic E-state index is 13.0. The lowest BCUT2D eigenvalue weighted by molar-refractivity contribution is -0.169. The Morgan fingerprint density at radius 3 is 2.34 bits per heavy atom. The number of carbonyl (C=O) groups is 2. The van der Waals surface area contributed by atoms with Gasteiger partial charge < -0.3 is 4.74 Å². The first-order chi connectivity index (χ1) is 17.6. The number of hydrogen-bond acceptors (Lipinski definition) is 6. The van der Waals surface area contributed by atoms with Gasteiger partial charge in [0.2, 0.25) is 0 Å². The van der Waals surface area contributed by atoms with Crippen molar-refractivity contribution in [2.24, 2.45) is 51.2 Å². The van der Waals surface area contributed by atoms with E-state index in [1.54, 1.807) is 6.08 Å². The van der Waals surface area contributed by atoms with Gasteiger partial charge >= 0.3 is 16.4 Å². The quantitative estimate of drug-likeness (QED) is 0.238. The molecule has 5 rings (SSSR count). The smallest absolute Gasteiger partial charge is 0.397 e. The van der Waals surface area contributed by atoms with Gasteiger partial charge in [-0.1, -0.05) is 26.3 Å². The van der Waals surface area contributed by atoms with Crippen molar-refractivity contribution >= 4 is 22.2 Å². The molecule has 0 heterocycles. The fourth-order valence-electron chi connectivity index (χ4n) is 11.2. The average Bonchev–Trinajstić information content (AvgIpc) is 3.39. The van der Waals surface area contributed by atoms with Crippen molar-refractivity contribution in [2.45, 2.75) is 105 Å². The fraction of sp³-hybridized carbons (Fsp3) is 0.867. The van der Waals surface area contributed by atoms with Crippen LogP contribution < -0.4 is 0 Å². The molecular weight excluding hydrogens is 504 g/mol. The molecule has 8 heteroatoms. The van der Waals surface area contributed by atoms with Crippen LogP contribution in [-0.2, 0) is 28.9 Å². The van der Waals surface area contributed by atoms with Crippen LogP contribution in [0.1, 0.15) is 98.8 Å². The lowest BCUT2D eigenvalue weighted by Gasteiger charge is -2.62. The largest absolute Gasteiger partial charge is 0.469 e. The Hall–Kier alpha value is -1.25. The number of carbonyl (C=O) groups excluding carboxylic acids is 2. The van der Waals surface area contributed by atoms with Crippen LogP contribution in [0, 0.1) is 51.2 Å². The van der Waals surface area contributed by atoms with Gasteiger partial charge in [0.05, 0.1) is 19.1 Å². The van der Waals surface area contributed by atoms with Gasteiger partial charge in [-0.3, -0.25) is 14.1 Å². The molecule has 0 aromatic rings. The predicted octanol–water partition coefficient (Wildman–Crippen LogP) is 5.94. The average molecular weight is 551 g/mol. The van der Waals surface area contributed by atoms with Gasteiger partial charge in [-0.2, -0.15) is 8.42 Å². The summed E-state index contributed by atoms with van der Waals surface area (Å²) >= 11 is 0. The number of allylic oxidation sites excluding steroid dienone is 2. The van der Waals surface area contributed by atoms with Gasteiger partial charge in [-0.15, -0.1) is 0 Å². The van der Waals surface area contributed by atoms with Crippen molar-refractivity contribution < 1.29 is 31.5 Å². The molecule has 0 bridgehead atoms. The molecule has 5 saturated carbocycles. The summed E-state index contributed by atoms with van der Waals surface area (Å²) in [4.78, 5) is 25.6. The zero-order valence-corrected chi connectivity index (χ0v) is 24.7. The first-order valence-electron chi connectivity index (χ1n) is 14.6. The SMILES string of the molecule is COC(=O)[C@@H]1[C@@H](OS(=O)(=O)O)CC[C@]23C[C@]24CC[C@]2(C)[C@@H]([C@H](C)CC(=O)C=C(C)C)CC[C@@]2(C)[C@@H]4CC[C@@H]13. The highest BCUT2D eigenvalue weighted by molar-refractivity contribution is 7.80. The number of rotatable bonds is 7. The molecule has 0 aromatic carbocycles. The topological polar surface area (TPSA) is 107 Å². The van der Waals surface area contributed by atoms with Crippen molar-refractivity contribution in [3.05, 3.63) is 11.6 Å². The minimum atomic E-state index is -4.66. The summed E-state index contributed by atoms with van der Waals surface area (Å²) < 4.78 is 42.8. The molecule has 0 saturated heterocycles. The van der Waals surface area contributed by atoms with Crippen LogP contribution in [0.15, 0.2) is 11.6 Å². The molecule has 0 amide bonds. The molecule has 5 aliphatic rings. The van der Waals surface area contributed by atoms with Gasteiger partial charge in [-0.25, -0.2) is 4.18 Å². The second-order valence-electron chi connectivity index (χ2n) is 14.2. The molecule has 0 unspecified atom stereocenters. The normalized spacial score (nSPS) is 46.0. The molecule has 5 aliphatic carbocycles.